The molecule has 2 aromatic rings. The molecular weight excluding hydrogens is 319 g/mol. The number of nitrogens with two attached hydrogens (primary N) is 1. The summed E-state index contributed by atoms with van der Waals surface area (Å²) in [5.74, 6) is 1.02. The van der Waals surface area contributed by atoms with Gasteiger partial charge in [0.1, 0.15) is 5.82 Å². The van der Waals surface area contributed by atoms with Crippen molar-refractivity contribution in [3.63, 3.8) is 0 Å². The molecule has 3 rings (SSSR count). The first kappa shape index (κ1) is 19.1. The predicted molar refractivity (Wildman–Crippen MR) is 93.0 cm³/mol. The SMILES string of the molecule is Cl.Cl.Cl.Nc1cccc2ccc(N3CCNCC3)nc12. The third-order valence-corrected chi connectivity index (χ3v) is 3.18. The lowest BCUT2D eigenvalue weighted by molar-refractivity contribution is 0.585. The van der Waals surface area contributed by atoms with Gasteiger partial charge in [-0.1, -0.05) is 12.1 Å². The second-order valence-corrected chi connectivity index (χ2v) is 4.33. The van der Waals surface area contributed by atoms with Gasteiger partial charge in [0.05, 0.1) is 11.2 Å². The molecule has 0 bridgehead atoms. The van der Waals surface area contributed by atoms with Crippen LogP contribution in [0.25, 0.3) is 10.9 Å². The molecular formula is C13H19Cl3N4. The number of para-hydroxylation sites is 1. The molecule has 1 saturated heterocycles. The Bertz CT molecular complexity index is 544. The van der Waals surface area contributed by atoms with Crippen molar-refractivity contribution in [1.29, 1.82) is 0 Å². The van der Waals surface area contributed by atoms with Gasteiger partial charge in [0.2, 0.25) is 0 Å². The van der Waals surface area contributed by atoms with Crippen molar-refractivity contribution in [3.05, 3.63) is 30.3 Å². The molecule has 1 fully saturated rings. The van der Waals surface area contributed by atoms with Gasteiger partial charge in [-0.2, -0.15) is 0 Å². The number of hydrogen-bond donors (Lipinski definition) is 2. The van der Waals surface area contributed by atoms with E-state index in [2.05, 4.69) is 27.3 Å². The van der Waals surface area contributed by atoms with E-state index >= 15 is 0 Å². The zero-order valence-corrected chi connectivity index (χ0v) is 13.4. The van der Waals surface area contributed by atoms with Crippen molar-refractivity contribution in [1.82, 2.24) is 10.3 Å². The molecule has 1 aliphatic heterocycles. The normalized spacial score (nSPS) is 13.9. The summed E-state index contributed by atoms with van der Waals surface area (Å²) in [5.41, 5.74) is 7.62. The van der Waals surface area contributed by atoms with E-state index in [9.17, 15) is 0 Å². The quantitative estimate of drug-likeness (QED) is 0.785. The largest absolute Gasteiger partial charge is 0.397 e. The van der Waals surface area contributed by atoms with Crippen LogP contribution in [0.4, 0.5) is 11.5 Å². The second-order valence-electron chi connectivity index (χ2n) is 4.33. The Balaban J connectivity index is 0.00000120. The molecule has 0 atom stereocenters. The highest BCUT2D eigenvalue weighted by Crippen LogP contribution is 2.22. The van der Waals surface area contributed by atoms with E-state index in [1.807, 2.05) is 18.2 Å². The van der Waals surface area contributed by atoms with Crippen LogP contribution in [0.5, 0.6) is 0 Å². The number of nitrogens with zero attached hydrogens (tertiary/aromatic N) is 2. The number of aromatic nitrogens is 1. The van der Waals surface area contributed by atoms with Crippen molar-refractivity contribution in [2.75, 3.05) is 36.8 Å². The second kappa shape index (κ2) is 8.37. The van der Waals surface area contributed by atoms with E-state index in [1.54, 1.807) is 0 Å². The summed E-state index contributed by atoms with van der Waals surface area (Å²) in [4.78, 5) is 6.97. The number of halogens is 3. The van der Waals surface area contributed by atoms with Crippen LogP contribution in [-0.2, 0) is 0 Å². The van der Waals surface area contributed by atoms with E-state index in [4.69, 9.17) is 5.73 Å². The summed E-state index contributed by atoms with van der Waals surface area (Å²) in [7, 11) is 0. The first-order chi connectivity index (χ1) is 8.34. The summed E-state index contributed by atoms with van der Waals surface area (Å²) in [5, 5.41) is 4.44. The Morgan fingerprint density at radius 1 is 1.00 bits per heavy atom. The molecule has 0 spiro atoms. The lowest BCUT2D eigenvalue weighted by Crippen LogP contribution is -2.43. The van der Waals surface area contributed by atoms with Gasteiger partial charge in [-0.05, 0) is 18.2 Å². The van der Waals surface area contributed by atoms with Crippen molar-refractivity contribution >= 4 is 59.6 Å². The lowest BCUT2D eigenvalue weighted by atomic mass is 10.2. The Labute approximate surface area is 137 Å². The van der Waals surface area contributed by atoms with Crippen LogP contribution in [0.3, 0.4) is 0 Å². The van der Waals surface area contributed by atoms with Crippen molar-refractivity contribution in [2.45, 2.75) is 0 Å². The number of fused-ring (bicyclic) bond motifs is 1. The zero-order valence-electron chi connectivity index (χ0n) is 10.9. The van der Waals surface area contributed by atoms with Gasteiger partial charge in [0, 0.05) is 31.6 Å². The number of anilines is 2. The van der Waals surface area contributed by atoms with Crippen LogP contribution in [-0.4, -0.2) is 31.2 Å². The highest BCUT2D eigenvalue weighted by atomic mass is 35.5. The smallest absolute Gasteiger partial charge is 0.129 e. The zero-order chi connectivity index (χ0) is 11.7. The Hall–Kier alpha value is -0.940. The van der Waals surface area contributed by atoms with Gasteiger partial charge in [-0.15, -0.1) is 37.2 Å². The predicted octanol–water partition coefficient (Wildman–Crippen LogP) is 2.49. The van der Waals surface area contributed by atoms with Crippen LogP contribution < -0.4 is 16.0 Å². The number of piperazine rings is 1. The van der Waals surface area contributed by atoms with Crippen LogP contribution in [0.2, 0.25) is 0 Å². The lowest BCUT2D eigenvalue weighted by Gasteiger charge is -2.28. The number of hydrogen-bond acceptors (Lipinski definition) is 4. The Morgan fingerprint density at radius 3 is 2.40 bits per heavy atom. The number of rotatable bonds is 1. The summed E-state index contributed by atoms with van der Waals surface area (Å²) in [6.45, 7) is 4.05. The fourth-order valence-electron chi connectivity index (χ4n) is 2.23. The first-order valence-electron chi connectivity index (χ1n) is 5.95. The standard InChI is InChI=1S/C13H16N4.3ClH/c14-11-3-1-2-10-4-5-12(16-13(10)11)17-8-6-15-7-9-17;;;/h1-5,15H,6-9,14H2;3*1H. The molecule has 2 heterocycles. The van der Waals surface area contributed by atoms with Gasteiger partial charge < -0.3 is 16.0 Å². The molecule has 1 aromatic heterocycles. The van der Waals surface area contributed by atoms with E-state index in [0.717, 1.165) is 48.6 Å². The molecule has 3 N–H and O–H groups in total. The molecule has 1 aliphatic rings. The average molecular weight is 338 g/mol. The summed E-state index contributed by atoms with van der Waals surface area (Å²) >= 11 is 0. The molecule has 112 valence electrons. The van der Waals surface area contributed by atoms with Crippen LogP contribution in [0, 0.1) is 0 Å². The van der Waals surface area contributed by atoms with Gasteiger partial charge in [-0.3, -0.25) is 0 Å². The average Bonchev–Trinajstić information content (AvgIpc) is 2.40. The Morgan fingerprint density at radius 2 is 1.70 bits per heavy atom. The fraction of sp³-hybridized carbons (Fsp3) is 0.308. The van der Waals surface area contributed by atoms with E-state index in [0.29, 0.717) is 0 Å². The van der Waals surface area contributed by atoms with Crippen molar-refractivity contribution in [3.8, 4) is 0 Å². The van der Waals surface area contributed by atoms with Crippen molar-refractivity contribution < 1.29 is 0 Å². The third kappa shape index (κ3) is 3.79. The van der Waals surface area contributed by atoms with E-state index < -0.39 is 0 Å². The topological polar surface area (TPSA) is 54.2 Å². The number of pyridine rings is 1. The number of benzene rings is 1. The van der Waals surface area contributed by atoms with Gasteiger partial charge in [0.15, 0.2) is 0 Å². The summed E-state index contributed by atoms with van der Waals surface area (Å²) in [6.07, 6.45) is 0. The highest BCUT2D eigenvalue weighted by molar-refractivity contribution is 5.90. The Kier molecular flexibility index (Phi) is 7.98. The highest BCUT2D eigenvalue weighted by Gasteiger charge is 2.12. The molecule has 0 radical (unpaired) electrons. The maximum Gasteiger partial charge on any atom is 0.129 e. The van der Waals surface area contributed by atoms with Crippen molar-refractivity contribution in [2.24, 2.45) is 0 Å². The number of nitrogens with one attached hydrogen (secondary N) is 1. The van der Waals surface area contributed by atoms with E-state index in [-0.39, 0.29) is 37.2 Å². The monoisotopic (exact) mass is 336 g/mol. The van der Waals surface area contributed by atoms with Gasteiger partial charge in [0.25, 0.3) is 0 Å². The fourth-order valence-corrected chi connectivity index (χ4v) is 2.23. The molecule has 4 nitrogen and oxygen atoms in total. The minimum absolute atomic E-state index is 0. The molecule has 1 aromatic carbocycles. The molecule has 0 amide bonds. The molecule has 0 aliphatic carbocycles. The van der Waals surface area contributed by atoms with Crippen LogP contribution in [0.15, 0.2) is 30.3 Å². The van der Waals surface area contributed by atoms with Crippen LogP contribution >= 0.6 is 37.2 Å². The van der Waals surface area contributed by atoms with Gasteiger partial charge in [-0.25, -0.2) is 4.98 Å². The van der Waals surface area contributed by atoms with Gasteiger partial charge >= 0.3 is 0 Å². The molecule has 20 heavy (non-hydrogen) atoms. The number of nitrogen functional groups attached to an aromatic ring is 1. The third-order valence-electron chi connectivity index (χ3n) is 3.18. The van der Waals surface area contributed by atoms with Crippen LogP contribution in [0.1, 0.15) is 0 Å². The summed E-state index contributed by atoms with van der Waals surface area (Å²) < 4.78 is 0. The minimum Gasteiger partial charge on any atom is -0.397 e. The minimum atomic E-state index is 0. The molecule has 0 unspecified atom stereocenters. The maximum atomic E-state index is 5.96. The van der Waals surface area contributed by atoms with E-state index in [1.165, 1.54) is 0 Å². The first-order valence-corrected chi connectivity index (χ1v) is 5.95. The molecule has 7 heteroatoms. The summed E-state index contributed by atoms with van der Waals surface area (Å²) in [6, 6.07) is 10.1. The maximum absolute atomic E-state index is 5.96. The molecule has 0 saturated carbocycles.